The Hall–Kier alpha value is -3.55. The highest BCUT2D eigenvalue weighted by Gasteiger charge is 2.20. The topological polar surface area (TPSA) is 92.7 Å². The van der Waals surface area contributed by atoms with Crippen molar-refractivity contribution in [3.05, 3.63) is 53.6 Å². The molecule has 0 fully saturated rings. The molecule has 0 saturated heterocycles. The lowest BCUT2D eigenvalue weighted by Crippen LogP contribution is -2.26. The van der Waals surface area contributed by atoms with Gasteiger partial charge >= 0.3 is 5.97 Å². The van der Waals surface area contributed by atoms with E-state index in [0.29, 0.717) is 28.5 Å². The smallest absolute Gasteiger partial charge is 0.347 e. The van der Waals surface area contributed by atoms with Crippen LogP contribution in [0.3, 0.4) is 0 Å². The molecule has 0 radical (unpaired) electrons. The summed E-state index contributed by atoms with van der Waals surface area (Å²) < 4.78 is 20.7. The second kappa shape index (κ2) is 9.09. The summed E-state index contributed by atoms with van der Waals surface area (Å²) >= 11 is 0. The first-order valence-electron chi connectivity index (χ1n) is 8.92. The normalized spacial score (nSPS) is 13.6. The summed E-state index contributed by atoms with van der Waals surface area (Å²) in [5.41, 5.74) is 1.74. The number of rotatable bonds is 8. The highest BCUT2D eigenvalue weighted by molar-refractivity contribution is 6.00. The van der Waals surface area contributed by atoms with Crippen LogP contribution < -0.4 is 14.2 Å². The maximum atomic E-state index is 12.3. The molecule has 8 heteroatoms. The van der Waals surface area contributed by atoms with Gasteiger partial charge in [0.15, 0.2) is 17.6 Å². The average Bonchev–Trinajstić information content (AvgIpc) is 3.21. The fourth-order valence-corrected chi connectivity index (χ4v) is 2.63. The van der Waals surface area contributed by atoms with Crippen molar-refractivity contribution in [2.24, 2.45) is 5.16 Å². The summed E-state index contributed by atoms with van der Waals surface area (Å²) in [4.78, 5) is 29.3. The van der Waals surface area contributed by atoms with E-state index in [1.54, 1.807) is 43.3 Å². The number of oxime groups is 1. The number of carbonyl (C=O) groups is 2. The Bertz CT molecular complexity index is 921. The molecule has 2 aromatic carbocycles. The van der Waals surface area contributed by atoms with Crippen LogP contribution in [0.5, 0.6) is 17.2 Å². The number of nitrogens with zero attached hydrogens (tertiary/aromatic N) is 1. The van der Waals surface area contributed by atoms with E-state index in [2.05, 4.69) is 5.16 Å². The lowest BCUT2D eigenvalue weighted by atomic mass is 10.1. The molecule has 0 N–H and O–H groups in total. The van der Waals surface area contributed by atoms with Gasteiger partial charge in [0.1, 0.15) is 5.75 Å². The lowest BCUT2D eigenvalue weighted by molar-refractivity contribution is -0.151. The van der Waals surface area contributed by atoms with Crippen molar-refractivity contribution in [1.82, 2.24) is 0 Å². The van der Waals surface area contributed by atoms with Crippen molar-refractivity contribution in [2.45, 2.75) is 20.0 Å². The Morgan fingerprint density at radius 1 is 1.07 bits per heavy atom. The fourth-order valence-electron chi connectivity index (χ4n) is 2.63. The number of ether oxygens (including phenoxy) is 4. The van der Waals surface area contributed by atoms with Crippen LogP contribution in [-0.2, 0) is 14.4 Å². The number of esters is 1. The van der Waals surface area contributed by atoms with Gasteiger partial charge in [-0.15, -0.1) is 0 Å². The molecule has 1 aliphatic rings. The van der Waals surface area contributed by atoms with Gasteiger partial charge in [0.25, 0.3) is 0 Å². The predicted octanol–water partition coefficient (Wildman–Crippen LogP) is 2.98. The third-order valence-corrected chi connectivity index (χ3v) is 4.23. The van der Waals surface area contributed by atoms with Crippen LogP contribution in [0.2, 0.25) is 0 Å². The number of methoxy groups -OCH3 is 1. The molecule has 2 aromatic rings. The molecule has 0 aromatic heterocycles. The van der Waals surface area contributed by atoms with Crippen molar-refractivity contribution >= 4 is 17.5 Å². The first kappa shape index (κ1) is 20.2. The maximum Gasteiger partial charge on any atom is 0.347 e. The minimum Gasteiger partial charge on any atom is -0.497 e. The largest absolute Gasteiger partial charge is 0.497 e. The number of ketones is 1. The summed E-state index contributed by atoms with van der Waals surface area (Å²) in [6.07, 6.45) is -0.946. The lowest BCUT2D eigenvalue weighted by Gasteiger charge is -2.12. The zero-order chi connectivity index (χ0) is 20.8. The van der Waals surface area contributed by atoms with Gasteiger partial charge in [0.2, 0.25) is 19.2 Å². The van der Waals surface area contributed by atoms with Crippen molar-refractivity contribution < 1.29 is 33.4 Å². The molecule has 1 atom stereocenters. The van der Waals surface area contributed by atoms with E-state index in [4.69, 9.17) is 23.8 Å². The molecular weight excluding hydrogens is 378 g/mol. The summed E-state index contributed by atoms with van der Waals surface area (Å²) in [6, 6.07) is 11.9. The van der Waals surface area contributed by atoms with E-state index >= 15 is 0 Å². The third kappa shape index (κ3) is 5.04. The van der Waals surface area contributed by atoms with Gasteiger partial charge in [-0.3, -0.25) is 4.79 Å². The SMILES string of the molecule is COc1ccc(C(=O)[C@@H](C)OC(=O)CO/N=C(/C)c2ccc3c(c2)OCO3)cc1. The van der Waals surface area contributed by atoms with Crippen molar-refractivity contribution in [2.75, 3.05) is 20.5 Å². The van der Waals surface area contributed by atoms with E-state index in [0.717, 1.165) is 5.56 Å². The summed E-state index contributed by atoms with van der Waals surface area (Å²) in [6.45, 7) is 3.01. The highest BCUT2D eigenvalue weighted by atomic mass is 16.7. The van der Waals surface area contributed by atoms with Crippen LogP contribution in [0.4, 0.5) is 0 Å². The molecule has 152 valence electrons. The van der Waals surface area contributed by atoms with Gasteiger partial charge in [-0.2, -0.15) is 0 Å². The van der Waals surface area contributed by atoms with E-state index in [9.17, 15) is 9.59 Å². The van der Waals surface area contributed by atoms with Crippen LogP contribution in [0.25, 0.3) is 0 Å². The van der Waals surface area contributed by atoms with Crippen molar-refractivity contribution in [3.63, 3.8) is 0 Å². The van der Waals surface area contributed by atoms with Crippen LogP contribution >= 0.6 is 0 Å². The zero-order valence-electron chi connectivity index (χ0n) is 16.3. The van der Waals surface area contributed by atoms with Gasteiger partial charge in [0, 0.05) is 11.1 Å². The monoisotopic (exact) mass is 399 g/mol. The minimum atomic E-state index is -0.946. The third-order valence-electron chi connectivity index (χ3n) is 4.23. The molecule has 0 spiro atoms. The van der Waals surface area contributed by atoms with E-state index in [-0.39, 0.29) is 12.6 Å². The van der Waals surface area contributed by atoms with E-state index in [1.165, 1.54) is 14.0 Å². The van der Waals surface area contributed by atoms with Gasteiger partial charge in [-0.05, 0) is 56.3 Å². The standard InChI is InChI=1S/C21H21NO7/c1-13(16-6-9-18-19(10-16)27-12-26-18)22-28-11-20(23)29-14(2)21(24)15-4-7-17(25-3)8-5-15/h4-10,14H,11-12H2,1-3H3/b22-13-/t14-/m1/s1. The van der Waals surface area contributed by atoms with Crippen LogP contribution in [-0.4, -0.2) is 44.1 Å². The number of carbonyl (C=O) groups excluding carboxylic acids is 2. The Labute approximate surface area is 168 Å². The molecular formula is C21H21NO7. The van der Waals surface area contributed by atoms with Crippen LogP contribution in [0.15, 0.2) is 47.6 Å². The number of hydrogen-bond acceptors (Lipinski definition) is 8. The highest BCUT2D eigenvalue weighted by Crippen LogP contribution is 2.32. The molecule has 0 bridgehead atoms. The molecule has 1 heterocycles. The molecule has 0 amide bonds. The molecule has 0 saturated carbocycles. The van der Waals surface area contributed by atoms with Crippen LogP contribution in [0, 0.1) is 0 Å². The Balaban J connectivity index is 1.49. The number of benzene rings is 2. The first-order valence-corrected chi connectivity index (χ1v) is 8.92. The summed E-state index contributed by atoms with van der Waals surface area (Å²) in [7, 11) is 1.54. The Kier molecular flexibility index (Phi) is 6.33. The van der Waals surface area contributed by atoms with Gasteiger partial charge in [-0.1, -0.05) is 5.16 Å². The van der Waals surface area contributed by atoms with E-state index in [1.807, 2.05) is 6.07 Å². The zero-order valence-corrected chi connectivity index (χ0v) is 16.3. The van der Waals surface area contributed by atoms with Crippen LogP contribution in [0.1, 0.15) is 29.8 Å². The second-order valence-corrected chi connectivity index (χ2v) is 6.24. The maximum absolute atomic E-state index is 12.3. The van der Waals surface area contributed by atoms with E-state index < -0.39 is 18.7 Å². The molecule has 0 unspecified atom stereocenters. The second-order valence-electron chi connectivity index (χ2n) is 6.24. The predicted molar refractivity (Wildman–Crippen MR) is 104 cm³/mol. The first-order chi connectivity index (χ1) is 14.0. The van der Waals surface area contributed by atoms with Gasteiger partial charge in [-0.25, -0.2) is 4.79 Å². The molecule has 3 rings (SSSR count). The molecule has 8 nitrogen and oxygen atoms in total. The summed E-state index contributed by atoms with van der Waals surface area (Å²) in [5, 5.41) is 3.91. The molecule has 1 aliphatic heterocycles. The quantitative estimate of drug-likeness (QED) is 0.292. The fraction of sp³-hybridized carbons (Fsp3) is 0.286. The average molecular weight is 399 g/mol. The number of hydrogen-bond donors (Lipinski definition) is 0. The number of Topliss-reactive ketones (excluding diaryl/α,β-unsaturated/α-hetero) is 1. The molecule has 29 heavy (non-hydrogen) atoms. The Morgan fingerprint density at radius 3 is 2.48 bits per heavy atom. The summed E-state index contributed by atoms with van der Waals surface area (Å²) in [5.74, 6) is 0.918. The molecule has 0 aliphatic carbocycles. The van der Waals surface area contributed by atoms with Gasteiger partial charge in [0.05, 0.1) is 12.8 Å². The Morgan fingerprint density at radius 2 is 1.76 bits per heavy atom. The van der Waals surface area contributed by atoms with Gasteiger partial charge < -0.3 is 23.8 Å². The van der Waals surface area contributed by atoms with Crippen molar-refractivity contribution in [3.8, 4) is 17.2 Å². The number of fused-ring (bicyclic) bond motifs is 1. The van der Waals surface area contributed by atoms with Crippen molar-refractivity contribution in [1.29, 1.82) is 0 Å². The minimum absolute atomic E-state index is 0.185.